The van der Waals surface area contributed by atoms with Gasteiger partial charge in [0.1, 0.15) is 17.3 Å². The molecule has 4 rings (SSSR count). The summed E-state index contributed by atoms with van der Waals surface area (Å²) in [6, 6.07) is 10.7. The van der Waals surface area contributed by atoms with Gasteiger partial charge >= 0.3 is 0 Å². The van der Waals surface area contributed by atoms with Crippen LogP contribution in [-0.4, -0.2) is 29.5 Å². The molecule has 3 aromatic rings. The van der Waals surface area contributed by atoms with Crippen LogP contribution in [0.15, 0.2) is 42.5 Å². The van der Waals surface area contributed by atoms with Gasteiger partial charge in [-0.2, -0.15) is 0 Å². The summed E-state index contributed by atoms with van der Waals surface area (Å²) in [4.78, 5) is 0. The van der Waals surface area contributed by atoms with Gasteiger partial charge in [0.2, 0.25) is 5.88 Å². The Hall–Kier alpha value is -2.47. The van der Waals surface area contributed by atoms with Gasteiger partial charge in [-0.05, 0) is 37.2 Å². The fourth-order valence-electron chi connectivity index (χ4n) is 3.03. The molecule has 1 fully saturated rings. The Bertz CT molecular complexity index is 872. The van der Waals surface area contributed by atoms with Crippen molar-refractivity contribution in [3.63, 3.8) is 0 Å². The van der Waals surface area contributed by atoms with Gasteiger partial charge in [0, 0.05) is 18.5 Å². The molecule has 124 valence electrons. The van der Waals surface area contributed by atoms with Crippen LogP contribution < -0.4 is 10.1 Å². The van der Waals surface area contributed by atoms with Crippen molar-refractivity contribution in [2.45, 2.75) is 6.42 Å². The summed E-state index contributed by atoms with van der Waals surface area (Å²) in [6.07, 6.45) is 1.07. The fraction of sp³-hybridized carbons (Fsp3) is 0.278. The van der Waals surface area contributed by atoms with Gasteiger partial charge in [-0.1, -0.05) is 12.1 Å². The van der Waals surface area contributed by atoms with Gasteiger partial charge in [-0.25, -0.2) is 13.5 Å². The number of halogens is 2. The number of hydrogen-bond acceptors (Lipinski definition) is 3. The van der Waals surface area contributed by atoms with Crippen LogP contribution >= 0.6 is 0 Å². The Morgan fingerprint density at radius 3 is 2.92 bits per heavy atom. The molecule has 1 aliphatic rings. The van der Waals surface area contributed by atoms with Crippen molar-refractivity contribution in [2.24, 2.45) is 5.92 Å². The Morgan fingerprint density at radius 2 is 2.08 bits per heavy atom. The first-order valence-corrected chi connectivity index (χ1v) is 7.99. The van der Waals surface area contributed by atoms with Crippen molar-refractivity contribution < 1.29 is 13.5 Å². The van der Waals surface area contributed by atoms with Crippen molar-refractivity contribution in [1.82, 2.24) is 15.1 Å². The van der Waals surface area contributed by atoms with Gasteiger partial charge in [0.15, 0.2) is 0 Å². The molecule has 0 unspecified atom stereocenters. The highest BCUT2D eigenvalue weighted by Crippen LogP contribution is 2.29. The molecule has 2 aromatic carbocycles. The van der Waals surface area contributed by atoms with Crippen LogP contribution in [0.5, 0.6) is 5.88 Å². The SMILES string of the molecule is Fc1ccc(F)c(-n2nc(OC[C@@H]3CCNC3)c3ccccc32)c1. The van der Waals surface area contributed by atoms with Gasteiger partial charge in [0.05, 0.1) is 17.5 Å². The lowest BCUT2D eigenvalue weighted by molar-refractivity contribution is 0.252. The third-order valence-corrected chi connectivity index (χ3v) is 4.31. The minimum Gasteiger partial charge on any atom is -0.476 e. The number of benzene rings is 2. The Morgan fingerprint density at radius 1 is 1.21 bits per heavy atom. The van der Waals surface area contributed by atoms with E-state index in [-0.39, 0.29) is 5.69 Å². The highest BCUT2D eigenvalue weighted by molar-refractivity contribution is 5.86. The lowest BCUT2D eigenvalue weighted by Crippen LogP contribution is -2.15. The molecule has 2 heterocycles. The zero-order valence-electron chi connectivity index (χ0n) is 13.0. The van der Waals surface area contributed by atoms with Crippen LogP contribution in [0, 0.1) is 17.6 Å². The molecule has 0 amide bonds. The monoisotopic (exact) mass is 329 g/mol. The molecule has 1 N–H and O–H groups in total. The number of nitrogens with zero attached hydrogens (tertiary/aromatic N) is 2. The Kier molecular flexibility index (Phi) is 3.90. The lowest BCUT2D eigenvalue weighted by atomic mass is 10.1. The molecule has 0 aliphatic carbocycles. The number of rotatable bonds is 4. The Balaban J connectivity index is 1.74. The minimum absolute atomic E-state index is 0.0728. The smallest absolute Gasteiger partial charge is 0.241 e. The van der Waals surface area contributed by atoms with E-state index in [4.69, 9.17) is 4.74 Å². The predicted octanol–water partition coefficient (Wildman–Crippen LogP) is 3.29. The molecule has 1 aliphatic heterocycles. The van der Waals surface area contributed by atoms with Gasteiger partial charge < -0.3 is 10.1 Å². The molecular formula is C18H17F2N3O. The number of para-hydroxylation sites is 1. The summed E-state index contributed by atoms with van der Waals surface area (Å²) >= 11 is 0. The molecule has 0 spiro atoms. The van der Waals surface area contributed by atoms with Crippen molar-refractivity contribution in [3.8, 4) is 11.6 Å². The lowest BCUT2D eigenvalue weighted by Gasteiger charge is -2.08. The van der Waals surface area contributed by atoms with Crippen molar-refractivity contribution >= 4 is 10.9 Å². The third-order valence-electron chi connectivity index (χ3n) is 4.31. The highest BCUT2D eigenvalue weighted by atomic mass is 19.1. The predicted molar refractivity (Wildman–Crippen MR) is 87.5 cm³/mol. The summed E-state index contributed by atoms with van der Waals surface area (Å²) in [5.41, 5.74) is 0.755. The summed E-state index contributed by atoms with van der Waals surface area (Å²) in [7, 11) is 0. The number of ether oxygens (including phenoxy) is 1. The minimum atomic E-state index is -0.531. The molecule has 24 heavy (non-hydrogen) atoms. The summed E-state index contributed by atoms with van der Waals surface area (Å²) in [5, 5.41) is 8.47. The second kappa shape index (κ2) is 6.20. The van der Waals surface area contributed by atoms with Crippen LogP contribution in [-0.2, 0) is 0 Å². The number of fused-ring (bicyclic) bond motifs is 1. The van der Waals surface area contributed by atoms with E-state index in [0.29, 0.717) is 23.9 Å². The molecular weight excluding hydrogens is 312 g/mol. The average molecular weight is 329 g/mol. The van der Waals surface area contributed by atoms with Crippen LogP contribution in [0.2, 0.25) is 0 Å². The fourth-order valence-corrected chi connectivity index (χ4v) is 3.03. The van der Waals surface area contributed by atoms with Crippen LogP contribution in [0.1, 0.15) is 6.42 Å². The van der Waals surface area contributed by atoms with Gasteiger partial charge in [-0.3, -0.25) is 0 Å². The first-order valence-electron chi connectivity index (χ1n) is 7.99. The van der Waals surface area contributed by atoms with E-state index in [1.807, 2.05) is 24.3 Å². The first kappa shape index (κ1) is 15.1. The second-order valence-corrected chi connectivity index (χ2v) is 6.00. The molecule has 6 heteroatoms. The van der Waals surface area contributed by atoms with E-state index in [1.165, 1.54) is 4.68 Å². The number of hydrogen-bond donors (Lipinski definition) is 1. The molecule has 0 radical (unpaired) electrons. The highest BCUT2D eigenvalue weighted by Gasteiger charge is 2.19. The normalized spacial score (nSPS) is 17.5. The largest absolute Gasteiger partial charge is 0.476 e. The van der Waals surface area contributed by atoms with E-state index in [9.17, 15) is 8.78 Å². The summed E-state index contributed by atoms with van der Waals surface area (Å²) in [5.74, 6) is -0.150. The maximum atomic E-state index is 14.1. The third kappa shape index (κ3) is 2.73. The zero-order valence-corrected chi connectivity index (χ0v) is 13.0. The molecule has 1 aromatic heterocycles. The zero-order chi connectivity index (χ0) is 16.5. The molecule has 0 bridgehead atoms. The van der Waals surface area contributed by atoms with Gasteiger partial charge in [-0.15, -0.1) is 5.10 Å². The average Bonchev–Trinajstić information content (AvgIpc) is 3.23. The Labute approximate surface area is 138 Å². The van der Waals surface area contributed by atoms with Crippen molar-refractivity contribution in [2.75, 3.05) is 19.7 Å². The standard InChI is InChI=1S/C18H17F2N3O/c19-13-5-6-15(20)17(9-13)23-16-4-2-1-3-14(16)18(22-23)24-11-12-7-8-21-10-12/h1-6,9,12,21H,7-8,10-11H2/t12-/m1/s1. The van der Waals surface area contributed by atoms with Crippen molar-refractivity contribution in [1.29, 1.82) is 0 Å². The van der Waals surface area contributed by atoms with E-state index in [2.05, 4.69) is 10.4 Å². The topological polar surface area (TPSA) is 39.1 Å². The summed E-state index contributed by atoms with van der Waals surface area (Å²) < 4.78 is 35.0. The maximum absolute atomic E-state index is 14.1. The first-order chi connectivity index (χ1) is 11.7. The molecule has 0 saturated carbocycles. The summed E-state index contributed by atoms with van der Waals surface area (Å²) in [6.45, 7) is 2.48. The molecule has 4 nitrogen and oxygen atoms in total. The maximum Gasteiger partial charge on any atom is 0.241 e. The number of nitrogens with one attached hydrogen (secondary N) is 1. The van der Waals surface area contributed by atoms with E-state index in [0.717, 1.165) is 43.1 Å². The quantitative estimate of drug-likeness (QED) is 0.798. The molecule has 1 atom stereocenters. The van der Waals surface area contributed by atoms with Gasteiger partial charge in [0.25, 0.3) is 0 Å². The second-order valence-electron chi connectivity index (χ2n) is 6.00. The van der Waals surface area contributed by atoms with E-state index in [1.54, 1.807) is 0 Å². The van der Waals surface area contributed by atoms with Crippen LogP contribution in [0.25, 0.3) is 16.6 Å². The van der Waals surface area contributed by atoms with Crippen molar-refractivity contribution in [3.05, 3.63) is 54.1 Å². The van der Waals surface area contributed by atoms with Crippen LogP contribution in [0.3, 0.4) is 0 Å². The van der Waals surface area contributed by atoms with E-state index < -0.39 is 11.6 Å². The van der Waals surface area contributed by atoms with Crippen LogP contribution in [0.4, 0.5) is 8.78 Å². The van der Waals surface area contributed by atoms with E-state index >= 15 is 0 Å². The number of aromatic nitrogens is 2. The molecule has 1 saturated heterocycles.